The molecule has 0 N–H and O–H groups in total. The van der Waals surface area contributed by atoms with E-state index in [1.807, 2.05) is 44.3 Å². The Balaban J connectivity index is 1.98. The molecule has 0 radical (unpaired) electrons. The summed E-state index contributed by atoms with van der Waals surface area (Å²) in [5.41, 5.74) is 2.52. The van der Waals surface area contributed by atoms with Gasteiger partial charge in [0.25, 0.3) is 0 Å². The molecule has 3 aromatic rings. The van der Waals surface area contributed by atoms with Crippen molar-refractivity contribution in [3.05, 3.63) is 77.9 Å². The molecule has 108 valence electrons. The molecule has 1 heterocycles. The molecule has 2 nitrogen and oxygen atoms in total. The van der Waals surface area contributed by atoms with Gasteiger partial charge in [-0.05, 0) is 41.0 Å². The minimum absolute atomic E-state index is 0.129. The number of benzene rings is 3. The minimum Gasteiger partial charge on any atom is -0.314 e. The van der Waals surface area contributed by atoms with E-state index < -0.39 is 5.41 Å². The van der Waals surface area contributed by atoms with Crippen LogP contribution in [0.4, 0.5) is 5.69 Å². The predicted molar refractivity (Wildman–Crippen MR) is 90.3 cm³/mol. The van der Waals surface area contributed by atoms with E-state index in [-0.39, 0.29) is 5.91 Å². The first kappa shape index (κ1) is 13.1. The molecule has 0 bridgehead atoms. The molecule has 3 aromatic carbocycles. The summed E-state index contributed by atoms with van der Waals surface area (Å²) in [4.78, 5) is 14.7. The molecule has 0 saturated carbocycles. The number of carbonyl (C=O) groups excluding carboxylic acids is 1. The molecule has 1 amide bonds. The Morgan fingerprint density at radius 3 is 2.36 bits per heavy atom. The number of likely N-dealkylation sites (N-methyl/N-ethyl adjacent to an activating group) is 1. The number of rotatable bonds is 1. The van der Waals surface area contributed by atoms with Crippen LogP contribution < -0.4 is 4.90 Å². The van der Waals surface area contributed by atoms with E-state index in [9.17, 15) is 4.79 Å². The second kappa shape index (κ2) is 4.44. The fraction of sp³-hybridized carbons (Fsp3) is 0.150. The molecule has 2 heteroatoms. The van der Waals surface area contributed by atoms with E-state index in [0.717, 1.165) is 16.8 Å². The molecule has 0 aromatic heterocycles. The molecular weight excluding hydrogens is 270 g/mol. The van der Waals surface area contributed by atoms with Crippen LogP contribution >= 0.6 is 0 Å². The standard InChI is InChI=1S/C20H17NO/c1-20(16-12-11-14-7-3-4-8-15(14)13-16)17-9-5-6-10-18(17)21(2)19(20)22/h3-13H,1-2H3/t20-/m0/s1. The van der Waals surface area contributed by atoms with E-state index in [2.05, 4.69) is 36.4 Å². The van der Waals surface area contributed by atoms with Gasteiger partial charge in [0, 0.05) is 12.7 Å². The van der Waals surface area contributed by atoms with E-state index in [4.69, 9.17) is 0 Å². The molecule has 0 aliphatic carbocycles. The lowest BCUT2D eigenvalue weighted by molar-refractivity contribution is -0.121. The van der Waals surface area contributed by atoms with Crippen LogP contribution in [0.25, 0.3) is 10.8 Å². The topological polar surface area (TPSA) is 20.3 Å². The molecule has 0 saturated heterocycles. The molecule has 1 aliphatic heterocycles. The van der Waals surface area contributed by atoms with Gasteiger partial charge in [0.2, 0.25) is 5.91 Å². The maximum Gasteiger partial charge on any atom is 0.241 e. The zero-order chi connectivity index (χ0) is 15.3. The summed E-state index contributed by atoms with van der Waals surface area (Å²) in [6.07, 6.45) is 0. The lowest BCUT2D eigenvalue weighted by atomic mass is 9.77. The van der Waals surface area contributed by atoms with E-state index in [0.29, 0.717) is 0 Å². The smallest absolute Gasteiger partial charge is 0.241 e. The highest BCUT2D eigenvalue weighted by molar-refractivity contribution is 6.10. The molecule has 4 rings (SSSR count). The fourth-order valence-corrected chi connectivity index (χ4v) is 3.53. The summed E-state index contributed by atoms with van der Waals surface area (Å²) in [6, 6.07) is 22.6. The third-order valence-electron chi connectivity index (χ3n) is 4.86. The van der Waals surface area contributed by atoms with Gasteiger partial charge in [-0.3, -0.25) is 4.79 Å². The lowest BCUT2D eigenvalue weighted by Gasteiger charge is -2.24. The van der Waals surface area contributed by atoms with Crippen molar-refractivity contribution in [3.63, 3.8) is 0 Å². The molecule has 0 fully saturated rings. The van der Waals surface area contributed by atoms with Crippen molar-refractivity contribution in [3.8, 4) is 0 Å². The van der Waals surface area contributed by atoms with E-state index in [1.54, 1.807) is 4.90 Å². The summed E-state index contributed by atoms with van der Waals surface area (Å²) >= 11 is 0. The number of carbonyl (C=O) groups is 1. The molecule has 22 heavy (non-hydrogen) atoms. The molecular formula is C20H17NO. The van der Waals surface area contributed by atoms with Crippen LogP contribution in [-0.4, -0.2) is 13.0 Å². The Kier molecular flexibility index (Phi) is 2.64. The number of para-hydroxylation sites is 1. The fourth-order valence-electron chi connectivity index (χ4n) is 3.53. The van der Waals surface area contributed by atoms with Gasteiger partial charge in [-0.2, -0.15) is 0 Å². The zero-order valence-corrected chi connectivity index (χ0v) is 12.7. The molecule has 0 spiro atoms. The second-order valence-corrected chi connectivity index (χ2v) is 6.07. The SMILES string of the molecule is CN1C(=O)[C@@](C)(c2ccc3ccccc3c2)c2ccccc21. The first-order chi connectivity index (χ1) is 10.6. The van der Waals surface area contributed by atoms with Crippen molar-refractivity contribution in [2.24, 2.45) is 0 Å². The maximum absolute atomic E-state index is 12.9. The lowest BCUT2D eigenvalue weighted by Crippen LogP contribution is -2.37. The van der Waals surface area contributed by atoms with Crippen molar-refractivity contribution in [2.75, 3.05) is 11.9 Å². The Hall–Kier alpha value is -2.61. The van der Waals surface area contributed by atoms with Gasteiger partial charge in [0.15, 0.2) is 0 Å². The summed E-state index contributed by atoms with van der Waals surface area (Å²) in [5.74, 6) is 0.129. The normalized spacial score (nSPS) is 20.5. The average molecular weight is 287 g/mol. The van der Waals surface area contributed by atoms with Gasteiger partial charge in [0.1, 0.15) is 0 Å². The third-order valence-corrected chi connectivity index (χ3v) is 4.86. The number of nitrogens with zero attached hydrogens (tertiary/aromatic N) is 1. The van der Waals surface area contributed by atoms with Crippen molar-refractivity contribution in [1.82, 2.24) is 0 Å². The maximum atomic E-state index is 12.9. The van der Waals surface area contributed by atoms with Crippen LogP contribution in [0.3, 0.4) is 0 Å². The van der Waals surface area contributed by atoms with Gasteiger partial charge >= 0.3 is 0 Å². The van der Waals surface area contributed by atoms with Crippen LogP contribution in [-0.2, 0) is 10.2 Å². The second-order valence-electron chi connectivity index (χ2n) is 6.07. The summed E-state index contributed by atoms with van der Waals surface area (Å²) < 4.78 is 0. The van der Waals surface area contributed by atoms with Crippen LogP contribution in [0, 0.1) is 0 Å². The summed E-state index contributed by atoms with van der Waals surface area (Å²) in [5, 5.41) is 2.36. The first-order valence-corrected chi connectivity index (χ1v) is 7.49. The van der Waals surface area contributed by atoms with Crippen LogP contribution in [0.1, 0.15) is 18.1 Å². The molecule has 1 atom stereocenters. The van der Waals surface area contributed by atoms with Crippen LogP contribution in [0.2, 0.25) is 0 Å². The zero-order valence-electron chi connectivity index (χ0n) is 12.7. The number of fused-ring (bicyclic) bond motifs is 2. The van der Waals surface area contributed by atoms with E-state index >= 15 is 0 Å². The highest BCUT2D eigenvalue weighted by Crippen LogP contribution is 2.45. The highest BCUT2D eigenvalue weighted by Gasteiger charge is 2.47. The number of hydrogen-bond acceptors (Lipinski definition) is 1. The number of anilines is 1. The van der Waals surface area contributed by atoms with E-state index in [1.165, 1.54) is 10.8 Å². The largest absolute Gasteiger partial charge is 0.314 e. The highest BCUT2D eigenvalue weighted by atomic mass is 16.2. The van der Waals surface area contributed by atoms with Gasteiger partial charge in [-0.15, -0.1) is 0 Å². The van der Waals surface area contributed by atoms with Crippen LogP contribution in [0.5, 0.6) is 0 Å². The monoisotopic (exact) mass is 287 g/mol. The third kappa shape index (κ3) is 1.58. The van der Waals surface area contributed by atoms with Crippen molar-refractivity contribution in [1.29, 1.82) is 0 Å². The Labute approximate surface area is 130 Å². The van der Waals surface area contributed by atoms with Crippen LogP contribution in [0.15, 0.2) is 66.7 Å². The predicted octanol–water partition coefficient (Wildman–Crippen LogP) is 4.12. The van der Waals surface area contributed by atoms with Gasteiger partial charge in [-0.1, -0.05) is 54.6 Å². The summed E-state index contributed by atoms with van der Waals surface area (Å²) in [7, 11) is 1.85. The quantitative estimate of drug-likeness (QED) is 0.659. The molecule has 0 unspecified atom stereocenters. The first-order valence-electron chi connectivity index (χ1n) is 7.49. The van der Waals surface area contributed by atoms with Gasteiger partial charge in [0.05, 0.1) is 5.41 Å². The van der Waals surface area contributed by atoms with Gasteiger partial charge in [-0.25, -0.2) is 0 Å². The number of hydrogen-bond donors (Lipinski definition) is 0. The Morgan fingerprint density at radius 2 is 1.55 bits per heavy atom. The number of amides is 1. The average Bonchev–Trinajstić information content (AvgIpc) is 2.77. The van der Waals surface area contributed by atoms with Crippen molar-refractivity contribution >= 4 is 22.4 Å². The Bertz CT molecular complexity index is 899. The Morgan fingerprint density at radius 1 is 0.864 bits per heavy atom. The van der Waals surface area contributed by atoms with Crippen molar-refractivity contribution < 1.29 is 4.79 Å². The minimum atomic E-state index is -0.616. The van der Waals surface area contributed by atoms with Crippen molar-refractivity contribution in [2.45, 2.75) is 12.3 Å². The van der Waals surface area contributed by atoms with Gasteiger partial charge < -0.3 is 4.90 Å². The summed E-state index contributed by atoms with van der Waals surface area (Å²) in [6.45, 7) is 2.03. The molecule has 1 aliphatic rings.